The van der Waals surface area contributed by atoms with Crippen molar-refractivity contribution in [2.45, 2.75) is 26.4 Å². The number of amides is 1. The van der Waals surface area contributed by atoms with Crippen molar-refractivity contribution in [1.82, 2.24) is 4.90 Å². The van der Waals surface area contributed by atoms with Crippen LogP contribution in [0.2, 0.25) is 0 Å². The first-order valence-corrected chi connectivity index (χ1v) is 4.93. The summed E-state index contributed by atoms with van der Waals surface area (Å²) in [7, 11) is 0. The van der Waals surface area contributed by atoms with E-state index in [0.29, 0.717) is 6.54 Å². The third-order valence-electron chi connectivity index (χ3n) is 1.83. The van der Waals surface area contributed by atoms with Crippen molar-refractivity contribution >= 4 is 6.09 Å². The van der Waals surface area contributed by atoms with Crippen molar-refractivity contribution in [2.24, 2.45) is 0 Å². The van der Waals surface area contributed by atoms with Crippen LogP contribution in [-0.2, 0) is 4.74 Å². The topological polar surface area (TPSA) is 29.5 Å². The summed E-state index contributed by atoms with van der Waals surface area (Å²) in [5.74, 6) is 0. The first kappa shape index (κ1) is 11.6. The van der Waals surface area contributed by atoms with Crippen LogP contribution < -0.4 is 0 Å². The molecule has 0 aromatic rings. The summed E-state index contributed by atoms with van der Waals surface area (Å²) in [5, 5.41) is 0. The molecule has 3 heteroatoms. The van der Waals surface area contributed by atoms with Crippen LogP contribution in [0.15, 0.2) is 36.6 Å². The van der Waals surface area contributed by atoms with E-state index in [1.165, 1.54) is 4.90 Å². The van der Waals surface area contributed by atoms with Gasteiger partial charge in [-0.2, -0.15) is 0 Å². The van der Waals surface area contributed by atoms with Crippen LogP contribution in [0.4, 0.5) is 4.79 Å². The van der Waals surface area contributed by atoms with Crippen molar-refractivity contribution in [1.29, 1.82) is 0 Å². The van der Waals surface area contributed by atoms with Crippen LogP contribution in [0.3, 0.4) is 0 Å². The Morgan fingerprint density at radius 1 is 1.60 bits per heavy atom. The molecule has 0 atom stereocenters. The van der Waals surface area contributed by atoms with Crippen LogP contribution in [-0.4, -0.2) is 23.1 Å². The minimum Gasteiger partial charge on any atom is -0.443 e. The van der Waals surface area contributed by atoms with E-state index >= 15 is 0 Å². The zero-order valence-electron chi connectivity index (χ0n) is 9.49. The fourth-order valence-electron chi connectivity index (χ4n) is 1.12. The quantitative estimate of drug-likeness (QED) is 0.661. The number of hydrogen-bond acceptors (Lipinski definition) is 2. The third-order valence-corrected chi connectivity index (χ3v) is 1.83. The van der Waals surface area contributed by atoms with Gasteiger partial charge in [0.05, 0.1) is 0 Å². The highest BCUT2D eigenvalue weighted by molar-refractivity contribution is 5.70. The Morgan fingerprint density at radius 3 is 2.67 bits per heavy atom. The summed E-state index contributed by atoms with van der Waals surface area (Å²) in [6.45, 7) is 9.75. The summed E-state index contributed by atoms with van der Waals surface area (Å²) in [4.78, 5) is 13.1. The molecule has 0 N–H and O–H groups in total. The Morgan fingerprint density at radius 2 is 2.27 bits per heavy atom. The van der Waals surface area contributed by atoms with Gasteiger partial charge in [0.2, 0.25) is 0 Å². The SMILES string of the molecule is C=CC1=CCN(C(=O)OC(C)(C)C)C=C1. The van der Waals surface area contributed by atoms with Gasteiger partial charge in [-0.3, -0.25) is 4.90 Å². The second-order valence-corrected chi connectivity index (χ2v) is 4.36. The Kier molecular flexibility index (Phi) is 3.35. The van der Waals surface area contributed by atoms with Crippen LogP contribution in [0.5, 0.6) is 0 Å². The predicted molar refractivity (Wildman–Crippen MR) is 60.4 cm³/mol. The van der Waals surface area contributed by atoms with Gasteiger partial charge in [-0.15, -0.1) is 0 Å². The molecule has 1 rings (SSSR count). The van der Waals surface area contributed by atoms with Crippen molar-refractivity contribution in [3.8, 4) is 0 Å². The van der Waals surface area contributed by atoms with Gasteiger partial charge in [0.1, 0.15) is 5.60 Å². The molecule has 15 heavy (non-hydrogen) atoms. The molecular weight excluding hydrogens is 190 g/mol. The summed E-state index contributed by atoms with van der Waals surface area (Å²) >= 11 is 0. The van der Waals surface area contributed by atoms with E-state index in [9.17, 15) is 4.79 Å². The number of nitrogens with zero attached hydrogens (tertiary/aromatic N) is 1. The highest BCUT2D eigenvalue weighted by atomic mass is 16.6. The molecule has 0 radical (unpaired) electrons. The fourth-order valence-corrected chi connectivity index (χ4v) is 1.12. The molecule has 1 aliphatic heterocycles. The molecule has 0 aromatic heterocycles. The largest absolute Gasteiger partial charge is 0.443 e. The molecule has 0 spiro atoms. The van der Waals surface area contributed by atoms with Gasteiger partial charge < -0.3 is 4.74 Å². The van der Waals surface area contributed by atoms with Gasteiger partial charge >= 0.3 is 6.09 Å². The zero-order valence-corrected chi connectivity index (χ0v) is 9.49. The molecule has 0 saturated heterocycles. The monoisotopic (exact) mass is 207 g/mol. The lowest BCUT2D eigenvalue weighted by molar-refractivity contribution is 0.0350. The standard InChI is InChI=1S/C12H17NO2/c1-5-10-6-8-13(9-7-10)11(14)15-12(2,3)4/h5-8H,1,9H2,2-4H3. The number of ether oxygens (including phenoxy) is 1. The van der Waals surface area contributed by atoms with Crippen molar-refractivity contribution < 1.29 is 9.53 Å². The van der Waals surface area contributed by atoms with E-state index in [-0.39, 0.29) is 6.09 Å². The molecule has 1 amide bonds. The Hall–Kier alpha value is -1.51. The lowest BCUT2D eigenvalue weighted by Gasteiger charge is -2.25. The first-order chi connectivity index (χ1) is 6.92. The van der Waals surface area contributed by atoms with Crippen LogP contribution in [0, 0.1) is 0 Å². The summed E-state index contributed by atoms with van der Waals surface area (Å²) < 4.78 is 5.23. The Labute approximate surface area is 90.7 Å². The number of rotatable bonds is 1. The van der Waals surface area contributed by atoms with Crippen LogP contribution in [0.1, 0.15) is 20.8 Å². The fraction of sp³-hybridized carbons (Fsp3) is 0.417. The molecular formula is C12H17NO2. The molecule has 0 saturated carbocycles. The molecule has 1 aliphatic rings. The third kappa shape index (κ3) is 3.62. The minimum absolute atomic E-state index is 0.321. The zero-order chi connectivity index (χ0) is 11.5. The molecule has 0 bridgehead atoms. The first-order valence-electron chi connectivity index (χ1n) is 4.93. The summed E-state index contributed by atoms with van der Waals surface area (Å²) in [5.41, 5.74) is 0.572. The molecule has 3 nitrogen and oxygen atoms in total. The lowest BCUT2D eigenvalue weighted by Crippen LogP contribution is -2.34. The smallest absolute Gasteiger partial charge is 0.414 e. The van der Waals surface area contributed by atoms with Crippen LogP contribution in [0.25, 0.3) is 0 Å². The normalized spacial score (nSPS) is 15.9. The van der Waals surface area contributed by atoms with Gasteiger partial charge in [0.25, 0.3) is 0 Å². The predicted octanol–water partition coefficient (Wildman–Crippen LogP) is 2.86. The second-order valence-electron chi connectivity index (χ2n) is 4.36. The maximum atomic E-state index is 11.6. The van der Waals surface area contributed by atoms with Crippen molar-refractivity contribution in [3.05, 3.63) is 36.6 Å². The maximum absolute atomic E-state index is 11.6. The number of carbonyl (C=O) groups excluding carboxylic acids is 1. The average molecular weight is 207 g/mol. The minimum atomic E-state index is -0.451. The van der Waals surface area contributed by atoms with E-state index in [1.807, 2.05) is 32.9 Å². The summed E-state index contributed by atoms with van der Waals surface area (Å²) in [6.07, 6.45) is 6.91. The Bertz CT molecular complexity index is 321. The summed E-state index contributed by atoms with van der Waals surface area (Å²) in [6, 6.07) is 0. The van der Waals surface area contributed by atoms with Gasteiger partial charge in [-0.25, -0.2) is 4.79 Å². The molecule has 0 fully saturated rings. The average Bonchev–Trinajstić information content (AvgIpc) is 2.15. The highest BCUT2D eigenvalue weighted by Gasteiger charge is 2.20. The number of hydrogen-bond donors (Lipinski definition) is 0. The van der Waals surface area contributed by atoms with Crippen molar-refractivity contribution in [3.63, 3.8) is 0 Å². The highest BCUT2D eigenvalue weighted by Crippen LogP contribution is 2.13. The maximum Gasteiger partial charge on any atom is 0.414 e. The van der Waals surface area contributed by atoms with E-state index in [1.54, 1.807) is 12.3 Å². The van der Waals surface area contributed by atoms with Gasteiger partial charge in [-0.05, 0) is 32.4 Å². The lowest BCUT2D eigenvalue weighted by atomic mass is 10.2. The van der Waals surface area contributed by atoms with Gasteiger partial charge in [0.15, 0.2) is 0 Å². The molecule has 0 aromatic carbocycles. The Balaban J connectivity index is 2.56. The molecule has 0 unspecified atom stereocenters. The van der Waals surface area contributed by atoms with E-state index < -0.39 is 5.60 Å². The second kappa shape index (κ2) is 4.34. The molecule has 82 valence electrons. The van der Waals surface area contributed by atoms with E-state index in [0.717, 1.165) is 5.57 Å². The number of carbonyl (C=O) groups is 1. The number of allylic oxidation sites excluding steroid dienone is 3. The van der Waals surface area contributed by atoms with Crippen molar-refractivity contribution in [2.75, 3.05) is 6.54 Å². The van der Waals surface area contributed by atoms with E-state index in [2.05, 4.69) is 6.58 Å². The molecule has 1 heterocycles. The van der Waals surface area contributed by atoms with E-state index in [4.69, 9.17) is 4.74 Å². The van der Waals surface area contributed by atoms with Crippen LogP contribution >= 0.6 is 0 Å². The molecule has 0 aliphatic carbocycles. The van der Waals surface area contributed by atoms with Gasteiger partial charge in [-0.1, -0.05) is 18.7 Å². The van der Waals surface area contributed by atoms with Gasteiger partial charge in [0, 0.05) is 12.7 Å².